The van der Waals surface area contributed by atoms with Crippen LogP contribution in [0.15, 0.2) is 0 Å². The van der Waals surface area contributed by atoms with E-state index in [0.29, 0.717) is 12.0 Å². The first-order valence-electron chi connectivity index (χ1n) is 6.82. The molecule has 0 aromatic heterocycles. The molecule has 0 saturated carbocycles. The Hall–Kier alpha value is -0.410. The lowest BCUT2D eigenvalue weighted by Gasteiger charge is -2.42. The minimum atomic E-state index is -0.222. The monoisotopic (exact) mass is 239 g/mol. The molecule has 0 bridgehead atoms. The summed E-state index contributed by atoms with van der Waals surface area (Å²) in [6.45, 7) is 9.27. The van der Waals surface area contributed by atoms with Gasteiger partial charge in [0.05, 0.1) is 12.0 Å². The van der Waals surface area contributed by atoms with Gasteiger partial charge in [0, 0.05) is 13.2 Å². The van der Waals surface area contributed by atoms with Gasteiger partial charge < -0.3 is 14.4 Å². The molecule has 0 N–H and O–H groups in total. The molecule has 0 aromatic carbocycles. The topological polar surface area (TPSA) is 29.5 Å². The first kappa shape index (κ1) is 13.0. The molecular formula is C14H25NO2. The smallest absolute Gasteiger partial charge is 0.129 e. The van der Waals surface area contributed by atoms with Gasteiger partial charge in [0.25, 0.3) is 0 Å². The second-order valence-corrected chi connectivity index (χ2v) is 6.58. The van der Waals surface area contributed by atoms with E-state index in [4.69, 9.17) is 4.74 Å². The molecule has 3 heteroatoms. The number of carbonyl (C=O) groups is 1. The van der Waals surface area contributed by atoms with Gasteiger partial charge >= 0.3 is 0 Å². The normalized spacial score (nSPS) is 34.5. The molecule has 2 saturated heterocycles. The van der Waals surface area contributed by atoms with E-state index in [1.165, 1.54) is 12.8 Å². The van der Waals surface area contributed by atoms with E-state index in [9.17, 15) is 4.79 Å². The van der Waals surface area contributed by atoms with Crippen LogP contribution in [0.5, 0.6) is 0 Å². The van der Waals surface area contributed by atoms with Crippen LogP contribution in [0.2, 0.25) is 0 Å². The quantitative estimate of drug-likeness (QED) is 0.706. The molecular weight excluding hydrogens is 214 g/mol. The number of rotatable bonds is 3. The summed E-state index contributed by atoms with van der Waals surface area (Å²) in [6.07, 6.45) is 5.64. The maximum atomic E-state index is 11.4. The van der Waals surface area contributed by atoms with Gasteiger partial charge in [0.1, 0.15) is 6.29 Å². The van der Waals surface area contributed by atoms with Crippen molar-refractivity contribution >= 4 is 6.29 Å². The van der Waals surface area contributed by atoms with Crippen LogP contribution < -0.4 is 0 Å². The van der Waals surface area contributed by atoms with Crippen molar-refractivity contribution in [3.8, 4) is 0 Å². The zero-order valence-electron chi connectivity index (χ0n) is 11.2. The Balaban J connectivity index is 1.89. The van der Waals surface area contributed by atoms with Crippen molar-refractivity contribution in [3.63, 3.8) is 0 Å². The molecule has 98 valence electrons. The first-order chi connectivity index (χ1) is 8.05. The van der Waals surface area contributed by atoms with Crippen molar-refractivity contribution < 1.29 is 9.53 Å². The van der Waals surface area contributed by atoms with Gasteiger partial charge in [-0.3, -0.25) is 0 Å². The number of likely N-dealkylation sites (tertiary alicyclic amines) is 1. The van der Waals surface area contributed by atoms with E-state index < -0.39 is 0 Å². The number of hydrogen-bond acceptors (Lipinski definition) is 3. The van der Waals surface area contributed by atoms with Crippen molar-refractivity contribution in [3.05, 3.63) is 0 Å². The summed E-state index contributed by atoms with van der Waals surface area (Å²) in [6, 6.07) is 0. The highest BCUT2D eigenvalue weighted by atomic mass is 16.5. The summed E-state index contributed by atoms with van der Waals surface area (Å²) in [7, 11) is 0. The number of hydrogen-bond donors (Lipinski definition) is 0. The predicted octanol–water partition coefficient (Wildman–Crippen LogP) is 2.10. The molecule has 2 fully saturated rings. The molecule has 0 radical (unpaired) electrons. The number of ether oxygens (including phenoxy) is 1. The molecule has 3 nitrogen and oxygen atoms in total. The van der Waals surface area contributed by atoms with Crippen LogP contribution in [0, 0.1) is 10.8 Å². The average molecular weight is 239 g/mol. The summed E-state index contributed by atoms with van der Waals surface area (Å²) < 4.78 is 5.50. The molecule has 2 aliphatic rings. The van der Waals surface area contributed by atoms with Crippen molar-refractivity contribution in [2.24, 2.45) is 10.8 Å². The maximum absolute atomic E-state index is 11.4. The van der Waals surface area contributed by atoms with Crippen LogP contribution in [0.1, 0.15) is 39.5 Å². The van der Waals surface area contributed by atoms with Gasteiger partial charge in [-0.25, -0.2) is 0 Å². The number of carbonyl (C=O) groups excluding carboxylic acids is 1. The van der Waals surface area contributed by atoms with Crippen LogP contribution in [0.3, 0.4) is 0 Å². The molecule has 0 amide bonds. The predicted molar refractivity (Wildman–Crippen MR) is 68.0 cm³/mol. The van der Waals surface area contributed by atoms with E-state index in [0.717, 1.165) is 45.4 Å². The zero-order valence-corrected chi connectivity index (χ0v) is 11.2. The third-order valence-electron chi connectivity index (χ3n) is 4.35. The third kappa shape index (κ3) is 3.29. The molecule has 0 aliphatic carbocycles. The zero-order chi connectivity index (χ0) is 12.4. The van der Waals surface area contributed by atoms with Gasteiger partial charge in [0.15, 0.2) is 0 Å². The fourth-order valence-corrected chi connectivity index (χ4v) is 2.89. The molecule has 17 heavy (non-hydrogen) atoms. The Labute approximate surface area is 105 Å². The second kappa shape index (κ2) is 5.07. The molecule has 0 aromatic rings. The van der Waals surface area contributed by atoms with Crippen LogP contribution in [0.4, 0.5) is 0 Å². The van der Waals surface area contributed by atoms with Gasteiger partial charge in [0.2, 0.25) is 0 Å². The Kier molecular flexibility index (Phi) is 3.88. The lowest BCUT2D eigenvalue weighted by molar-refractivity contribution is -0.126. The Morgan fingerprint density at radius 3 is 2.47 bits per heavy atom. The van der Waals surface area contributed by atoms with Crippen LogP contribution >= 0.6 is 0 Å². The number of piperidine rings is 1. The van der Waals surface area contributed by atoms with Crippen molar-refractivity contribution in [1.29, 1.82) is 0 Å². The molecule has 1 unspecified atom stereocenters. The van der Waals surface area contributed by atoms with Gasteiger partial charge in [-0.2, -0.15) is 0 Å². The highest BCUT2D eigenvalue weighted by Gasteiger charge is 2.36. The number of nitrogens with zero attached hydrogens (tertiary/aromatic N) is 1. The van der Waals surface area contributed by atoms with Crippen LogP contribution in [0.25, 0.3) is 0 Å². The van der Waals surface area contributed by atoms with Crippen LogP contribution in [-0.2, 0) is 9.53 Å². The highest BCUT2D eigenvalue weighted by molar-refractivity contribution is 5.60. The molecule has 1 atom stereocenters. The van der Waals surface area contributed by atoms with Crippen molar-refractivity contribution in [2.45, 2.75) is 39.5 Å². The average Bonchev–Trinajstić information content (AvgIpc) is 2.33. The summed E-state index contributed by atoms with van der Waals surface area (Å²) in [5, 5.41) is 0. The summed E-state index contributed by atoms with van der Waals surface area (Å²) in [5.74, 6) is 0. The van der Waals surface area contributed by atoms with E-state index in [-0.39, 0.29) is 5.41 Å². The van der Waals surface area contributed by atoms with E-state index >= 15 is 0 Å². The number of aldehydes is 1. The van der Waals surface area contributed by atoms with Crippen molar-refractivity contribution in [2.75, 3.05) is 32.8 Å². The SMILES string of the molecule is CC1(C)CCN(CC2(C=O)CCCOC2)CC1. The van der Waals surface area contributed by atoms with Gasteiger partial charge in [-0.15, -0.1) is 0 Å². The summed E-state index contributed by atoms with van der Waals surface area (Å²) in [4.78, 5) is 13.8. The van der Waals surface area contributed by atoms with Crippen molar-refractivity contribution in [1.82, 2.24) is 4.90 Å². The lowest BCUT2D eigenvalue weighted by atomic mass is 9.80. The summed E-state index contributed by atoms with van der Waals surface area (Å²) in [5.41, 5.74) is 0.258. The minimum absolute atomic E-state index is 0.222. The Bertz CT molecular complexity index is 259. The molecule has 0 spiro atoms. The fraction of sp³-hybridized carbons (Fsp3) is 0.929. The maximum Gasteiger partial charge on any atom is 0.129 e. The lowest BCUT2D eigenvalue weighted by Crippen LogP contribution is -2.47. The van der Waals surface area contributed by atoms with Crippen LogP contribution in [-0.4, -0.2) is 44.0 Å². The van der Waals surface area contributed by atoms with E-state index in [1.807, 2.05) is 0 Å². The molecule has 2 aliphatic heterocycles. The Morgan fingerprint density at radius 2 is 1.94 bits per heavy atom. The highest BCUT2D eigenvalue weighted by Crippen LogP contribution is 2.33. The standard InChI is InChI=1S/C14H25NO2/c1-13(2)5-7-15(8-6-13)10-14(11-16)4-3-9-17-12-14/h11H,3-10,12H2,1-2H3. The van der Waals surface area contributed by atoms with Gasteiger partial charge in [-0.05, 0) is 44.2 Å². The summed E-state index contributed by atoms with van der Waals surface area (Å²) >= 11 is 0. The van der Waals surface area contributed by atoms with Gasteiger partial charge in [-0.1, -0.05) is 13.8 Å². The molecule has 2 heterocycles. The minimum Gasteiger partial charge on any atom is -0.380 e. The Morgan fingerprint density at radius 1 is 1.24 bits per heavy atom. The fourth-order valence-electron chi connectivity index (χ4n) is 2.89. The third-order valence-corrected chi connectivity index (χ3v) is 4.35. The first-order valence-corrected chi connectivity index (χ1v) is 6.82. The molecule has 2 rings (SSSR count). The van der Waals surface area contributed by atoms with E-state index in [2.05, 4.69) is 18.7 Å². The second-order valence-electron chi connectivity index (χ2n) is 6.58. The largest absolute Gasteiger partial charge is 0.380 e. The van der Waals surface area contributed by atoms with E-state index in [1.54, 1.807) is 0 Å².